The maximum Gasteiger partial charge on any atom is 0.255 e. The van der Waals surface area contributed by atoms with Crippen molar-refractivity contribution in [2.45, 2.75) is 64.0 Å². The molecule has 0 saturated heterocycles. The summed E-state index contributed by atoms with van der Waals surface area (Å²) in [6.07, 6.45) is 2.85. The maximum absolute atomic E-state index is 13.0. The van der Waals surface area contributed by atoms with Crippen LogP contribution in [0.3, 0.4) is 0 Å². The summed E-state index contributed by atoms with van der Waals surface area (Å²) >= 11 is 6.33. The van der Waals surface area contributed by atoms with Crippen molar-refractivity contribution < 1.29 is 19.1 Å². The fourth-order valence-electron chi connectivity index (χ4n) is 3.67. The van der Waals surface area contributed by atoms with Crippen LogP contribution in [0.4, 0.5) is 0 Å². The average molecular weight is 404 g/mol. The van der Waals surface area contributed by atoms with E-state index in [4.69, 9.17) is 16.0 Å². The minimum atomic E-state index is -0.285. The van der Waals surface area contributed by atoms with Gasteiger partial charge >= 0.3 is 0 Å². The van der Waals surface area contributed by atoms with Crippen molar-refractivity contribution in [3.63, 3.8) is 0 Å². The van der Waals surface area contributed by atoms with E-state index in [0.717, 1.165) is 18.4 Å². The zero-order chi connectivity index (χ0) is 20.3. The molecule has 28 heavy (non-hydrogen) atoms. The highest BCUT2D eigenvalue weighted by Gasteiger charge is 2.28. The summed E-state index contributed by atoms with van der Waals surface area (Å²) in [7, 11) is 0. The van der Waals surface area contributed by atoms with E-state index in [1.807, 2.05) is 25.1 Å². The molecule has 1 heterocycles. The van der Waals surface area contributed by atoms with Gasteiger partial charge in [0.2, 0.25) is 0 Å². The Kier molecular flexibility index (Phi) is 6.57. The molecular weight excluding hydrogens is 378 g/mol. The molecule has 6 heteroatoms. The van der Waals surface area contributed by atoms with E-state index in [-0.39, 0.29) is 35.5 Å². The summed E-state index contributed by atoms with van der Waals surface area (Å²) in [5.74, 6) is -0.0402. The second-order valence-corrected chi connectivity index (χ2v) is 7.79. The highest BCUT2D eigenvalue weighted by molar-refractivity contribution is 6.31. The van der Waals surface area contributed by atoms with Crippen LogP contribution in [0.25, 0.3) is 0 Å². The van der Waals surface area contributed by atoms with E-state index in [9.17, 15) is 14.7 Å². The molecule has 0 spiro atoms. The second kappa shape index (κ2) is 8.93. The van der Waals surface area contributed by atoms with Crippen LogP contribution in [0, 0.1) is 0 Å². The molecule has 2 N–H and O–H groups in total. The lowest BCUT2D eigenvalue weighted by Gasteiger charge is -2.26. The molecule has 0 radical (unpaired) electrons. The molecule has 1 atom stereocenters. The monoisotopic (exact) mass is 403 g/mol. The number of amides is 1. The Balaban J connectivity index is 1.90. The van der Waals surface area contributed by atoms with Crippen molar-refractivity contribution >= 4 is 23.3 Å². The van der Waals surface area contributed by atoms with E-state index in [0.29, 0.717) is 35.6 Å². The first-order valence-corrected chi connectivity index (χ1v) is 10.2. The van der Waals surface area contributed by atoms with Gasteiger partial charge in [0.15, 0.2) is 11.5 Å². The summed E-state index contributed by atoms with van der Waals surface area (Å²) in [6.45, 7) is 3.67. The number of carbonyl (C=O) groups excluding carboxylic acids is 2. The van der Waals surface area contributed by atoms with Gasteiger partial charge in [-0.15, -0.1) is 0 Å². The molecular formula is C22H26ClNO4. The van der Waals surface area contributed by atoms with Crippen molar-refractivity contribution in [2.24, 2.45) is 0 Å². The molecule has 0 bridgehead atoms. The first kappa shape index (κ1) is 20.6. The predicted molar refractivity (Wildman–Crippen MR) is 108 cm³/mol. The third-order valence-corrected chi connectivity index (χ3v) is 5.74. The quantitative estimate of drug-likeness (QED) is 0.684. The molecule has 1 aromatic heterocycles. The molecule has 0 aliphatic heterocycles. The van der Waals surface area contributed by atoms with Gasteiger partial charge in [0.05, 0.1) is 11.7 Å². The topological polar surface area (TPSA) is 79.5 Å². The number of aliphatic hydroxyl groups excluding tert-OH is 1. The number of halogens is 1. The van der Waals surface area contributed by atoms with Crippen molar-refractivity contribution in [3.8, 4) is 0 Å². The summed E-state index contributed by atoms with van der Waals surface area (Å²) in [5.41, 5.74) is 1.21. The van der Waals surface area contributed by atoms with Gasteiger partial charge in [0.1, 0.15) is 5.76 Å². The number of ketones is 1. The molecule has 1 amide bonds. The fraction of sp³-hybridized carbons (Fsp3) is 0.455. The number of hydrogen-bond donors (Lipinski definition) is 2. The molecule has 3 rings (SSSR count). The smallest absolute Gasteiger partial charge is 0.255 e. The lowest BCUT2D eigenvalue weighted by molar-refractivity contribution is 0.0865. The number of Topliss-reactive ketones (excluding diaryl/α,β-unsaturated/α-hetero) is 1. The molecule has 150 valence electrons. The number of aliphatic hydroxyl groups is 1. The Bertz CT molecular complexity index is 852. The van der Waals surface area contributed by atoms with Gasteiger partial charge in [-0.05, 0) is 37.3 Å². The van der Waals surface area contributed by atoms with Crippen LogP contribution in [0.15, 0.2) is 34.7 Å². The van der Waals surface area contributed by atoms with Gasteiger partial charge in [-0.25, -0.2) is 0 Å². The standard InChI is InChI=1S/C22H26ClNO4/c1-3-19(26)20-12-17(22(27)24-14-8-10-15(25)11-9-14)21(28-20)13(2)16-6-4-5-7-18(16)23/h4-7,12-15,25H,3,8-11H2,1-2H3,(H,24,27). The van der Waals surface area contributed by atoms with Gasteiger partial charge in [-0.1, -0.05) is 43.6 Å². The first-order chi connectivity index (χ1) is 13.4. The van der Waals surface area contributed by atoms with E-state index in [1.54, 1.807) is 19.1 Å². The zero-order valence-electron chi connectivity index (χ0n) is 16.2. The highest BCUT2D eigenvalue weighted by Crippen LogP contribution is 2.34. The fourth-order valence-corrected chi connectivity index (χ4v) is 3.97. The Labute approximate surface area is 170 Å². The minimum Gasteiger partial charge on any atom is -0.456 e. The second-order valence-electron chi connectivity index (χ2n) is 7.39. The van der Waals surface area contributed by atoms with Gasteiger partial charge in [-0.3, -0.25) is 9.59 Å². The van der Waals surface area contributed by atoms with E-state index in [1.165, 1.54) is 0 Å². The lowest BCUT2D eigenvalue weighted by atomic mass is 9.92. The van der Waals surface area contributed by atoms with Crippen LogP contribution in [0.5, 0.6) is 0 Å². The van der Waals surface area contributed by atoms with Crippen LogP contribution in [0.1, 0.15) is 84.1 Å². The summed E-state index contributed by atoms with van der Waals surface area (Å²) in [5, 5.41) is 13.3. The molecule has 1 aliphatic rings. The first-order valence-electron chi connectivity index (χ1n) is 9.81. The lowest BCUT2D eigenvalue weighted by Crippen LogP contribution is -2.38. The summed E-state index contributed by atoms with van der Waals surface area (Å²) < 4.78 is 5.86. The van der Waals surface area contributed by atoms with E-state index < -0.39 is 0 Å². The van der Waals surface area contributed by atoms with Gasteiger partial charge in [-0.2, -0.15) is 0 Å². The largest absolute Gasteiger partial charge is 0.456 e. The Hall–Kier alpha value is -2.11. The number of furan rings is 1. The Morgan fingerprint density at radius 1 is 1.25 bits per heavy atom. The Morgan fingerprint density at radius 2 is 1.93 bits per heavy atom. The highest BCUT2D eigenvalue weighted by atomic mass is 35.5. The van der Waals surface area contributed by atoms with Crippen LogP contribution in [-0.4, -0.2) is 28.9 Å². The van der Waals surface area contributed by atoms with Crippen molar-refractivity contribution in [3.05, 3.63) is 58.0 Å². The molecule has 1 saturated carbocycles. The Morgan fingerprint density at radius 3 is 2.57 bits per heavy atom. The van der Waals surface area contributed by atoms with E-state index >= 15 is 0 Å². The molecule has 1 unspecified atom stereocenters. The molecule has 2 aromatic rings. The molecule has 1 fully saturated rings. The predicted octanol–water partition coefficient (Wildman–Crippen LogP) is 4.71. The average Bonchev–Trinajstić information content (AvgIpc) is 3.14. The zero-order valence-corrected chi connectivity index (χ0v) is 17.0. The SMILES string of the molecule is CCC(=O)c1cc(C(=O)NC2CCC(O)CC2)c(C(C)c2ccccc2Cl)o1. The maximum atomic E-state index is 13.0. The third-order valence-electron chi connectivity index (χ3n) is 5.40. The van der Waals surface area contributed by atoms with Gasteiger partial charge < -0.3 is 14.8 Å². The molecule has 5 nitrogen and oxygen atoms in total. The van der Waals surface area contributed by atoms with Crippen molar-refractivity contribution in [2.75, 3.05) is 0 Å². The van der Waals surface area contributed by atoms with Crippen molar-refractivity contribution in [1.29, 1.82) is 0 Å². The minimum absolute atomic E-state index is 0.0135. The summed E-state index contributed by atoms with van der Waals surface area (Å²) in [4.78, 5) is 25.2. The number of benzene rings is 1. The molecule has 1 aromatic carbocycles. The number of carbonyl (C=O) groups is 2. The van der Waals surface area contributed by atoms with Crippen LogP contribution < -0.4 is 5.32 Å². The molecule has 1 aliphatic carbocycles. The van der Waals surface area contributed by atoms with Crippen molar-refractivity contribution in [1.82, 2.24) is 5.32 Å². The van der Waals surface area contributed by atoms with Crippen LogP contribution in [-0.2, 0) is 0 Å². The van der Waals surface area contributed by atoms with Crippen LogP contribution in [0.2, 0.25) is 5.02 Å². The van der Waals surface area contributed by atoms with Gasteiger partial charge in [0.25, 0.3) is 5.91 Å². The normalized spacial score (nSPS) is 20.6. The number of rotatable bonds is 6. The number of hydrogen-bond acceptors (Lipinski definition) is 4. The number of nitrogens with one attached hydrogen (secondary N) is 1. The van der Waals surface area contributed by atoms with Gasteiger partial charge in [0, 0.05) is 29.5 Å². The van der Waals surface area contributed by atoms with E-state index in [2.05, 4.69) is 5.32 Å². The van der Waals surface area contributed by atoms with Crippen LogP contribution >= 0.6 is 11.6 Å². The summed E-state index contributed by atoms with van der Waals surface area (Å²) in [6, 6.07) is 8.97. The third kappa shape index (κ3) is 4.47.